The quantitative estimate of drug-likeness (QED) is 0.623. The summed E-state index contributed by atoms with van der Waals surface area (Å²) in [5, 5.41) is 7.72. The Bertz CT molecular complexity index is 647. The van der Waals surface area contributed by atoms with Gasteiger partial charge in [-0.1, -0.05) is 0 Å². The Morgan fingerprint density at radius 2 is 1.75 bits per heavy atom. The number of rotatable bonds is 2. The highest BCUT2D eigenvalue weighted by Gasteiger charge is 2.26. The lowest BCUT2D eigenvalue weighted by Crippen LogP contribution is -2.25. The van der Waals surface area contributed by atoms with Gasteiger partial charge in [-0.05, 0) is 32.9 Å². The molecule has 0 spiro atoms. The molecule has 0 saturated carbocycles. The van der Waals surface area contributed by atoms with Crippen molar-refractivity contribution in [3.8, 4) is 11.4 Å². The Hall–Kier alpha value is -1.56. The second-order valence-electron chi connectivity index (χ2n) is 5.30. The first-order chi connectivity index (χ1) is 9.27. The normalized spacial score (nSPS) is 11.9. The van der Waals surface area contributed by atoms with Crippen LogP contribution in [0.15, 0.2) is 12.1 Å². The van der Waals surface area contributed by atoms with Crippen LogP contribution in [0.4, 0.5) is 13.2 Å². The van der Waals surface area contributed by atoms with Crippen molar-refractivity contribution in [1.82, 2.24) is 14.8 Å². The summed E-state index contributed by atoms with van der Waals surface area (Å²) in [5.74, 6) is -3.44. The van der Waals surface area contributed by atoms with E-state index in [4.69, 9.17) is 11.6 Å². The van der Waals surface area contributed by atoms with E-state index in [1.165, 1.54) is 0 Å². The lowest BCUT2D eigenvalue weighted by molar-refractivity contribution is 0.388. The average molecular weight is 304 g/mol. The number of aromatic nitrogens is 3. The minimum absolute atomic E-state index is 0.0789. The maximum absolute atomic E-state index is 13.9. The Balaban J connectivity index is 2.72. The second kappa shape index (κ2) is 5.09. The average Bonchev–Trinajstić information content (AvgIpc) is 2.79. The maximum Gasteiger partial charge on any atom is 0.195 e. The highest BCUT2D eigenvalue weighted by molar-refractivity contribution is 6.16. The molecule has 2 rings (SSSR count). The first kappa shape index (κ1) is 14.8. The molecule has 0 amide bonds. The molecular formula is C13H13ClF3N3. The van der Waals surface area contributed by atoms with Crippen molar-refractivity contribution < 1.29 is 13.2 Å². The minimum Gasteiger partial charge on any atom is -0.305 e. The molecule has 0 bridgehead atoms. The van der Waals surface area contributed by atoms with Crippen LogP contribution in [0, 0.1) is 17.5 Å². The first-order valence-corrected chi connectivity index (χ1v) is 6.45. The zero-order valence-electron chi connectivity index (χ0n) is 11.2. The van der Waals surface area contributed by atoms with Crippen LogP contribution in [0.2, 0.25) is 0 Å². The summed E-state index contributed by atoms with van der Waals surface area (Å²) in [4.78, 5) is 0. The van der Waals surface area contributed by atoms with E-state index >= 15 is 0 Å². The summed E-state index contributed by atoms with van der Waals surface area (Å²) in [7, 11) is 0. The highest BCUT2D eigenvalue weighted by atomic mass is 35.5. The van der Waals surface area contributed by atoms with Gasteiger partial charge in [0.2, 0.25) is 0 Å². The molecule has 108 valence electrons. The number of hydrogen-bond acceptors (Lipinski definition) is 2. The summed E-state index contributed by atoms with van der Waals surface area (Å²) in [6.07, 6.45) is 0. The predicted octanol–water partition coefficient (Wildman–Crippen LogP) is 3.86. The van der Waals surface area contributed by atoms with E-state index in [1.807, 2.05) is 20.8 Å². The summed E-state index contributed by atoms with van der Waals surface area (Å²) < 4.78 is 41.9. The van der Waals surface area contributed by atoms with Crippen molar-refractivity contribution in [1.29, 1.82) is 0 Å². The van der Waals surface area contributed by atoms with Crippen LogP contribution in [-0.4, -0.2) is 14.8 Å². The molecule has 20 heavy (non-hydrogen) atoms. The van der Waals surface area contributed by atoms with Crippen molar-refractivity contribution in [2.24, 2.45) is 0 Å². The largest absolute Gasteiger partial charge is 0.305 e. The van der Waals surface area contributed by atoms with E-state index in [0.29, 0.717) is 5.82 Å². The first-order valence-electron chi connectivity index (χ1n) is 5.92. The minimum atomic E-state index is -1.53. The van der Waals surface area contributed by atoms with Gasteiger partial charge in [0, 0.05) is 5.54 Å². The zero-order chi connectivity index (χ0) is 15.1. The van der Waals surface area contributed by atoms with Crippen LogP contribution < -0.4 is 0 Å². The van der Waals surface area contributed by atoms with Crippen LogP contribution in [0.3, 0.4) is 0 Å². The van der Waals surface area contributed by atoms with Crippen LogP contribution in [-0.2, 0) is 11.4 Å². The third-order valence-electron chi connectivity index (χ3n) is 2.80. The van der Waals surface area contributed by atoms with E-state index in [-0.39, 0.29) is 17.3 Å². The second-order valence-corrected chi connectivity index (χ2v) is 5.57. The number of alkyl halides is 1. The van der Waals surface area contributed by atoms with Gasteiger partial charge >= 0.3 is 0 Å². The number of hydrogen-bond donors (Lipinski definition) is 0. The van der Waals surface area contributed by atoms with Crippen molar-refractivity contribution in [2.45, 2.75) is 32.2 Å². The van der Waals surface area contributed by atoms with E-state index in [1.54, 1.807) is 4.57 Å². The third-order valence-corrected chi connectivity index (χ3v) is 3.04. The smallest absolute Gasteiger partial charge is 0.195 e. The monoisotopic (exact) mass is 303 g/mol. The van der Waals surface area contributed by atoms with Crippen molar-refractivity contribution >= 4 is 11.6 Å². The highest BCUT2D eigenvalue weighted by Crippen LogP contribution is 2.30. The van der Waals surface area contributed by atoms with E-state index in [9.17, 15) is 13.2 Å². The van der Waals surface area contributed by atoms with Gasteiger partial charge in [0.15, 0.2) is 23.3 Å². The van der Waals surface area contributed by atoms with Gasteiger partial charge in [-0.25, -0.2) is 13.2 Å². The SMILES string of the molecule is CC(C)(C)n1c(CCl)nnc1-c1ccc(F)c(F)c1F. The maximum atomic E-state index is 13.9. The number of benzene rings is 1. The molecule has 0 radical (unpaired) electrons. The molecule has 0 saturated heterocycles. The molecule has 2 aromatic rings. The Morgan fingerprint density at radius 3 is 2.30 bits per heavy atom. The molecule has 1 heterocycles. The van der Waals surface area contributed by atoms with Crippen LogP contribution in [0.5, 0.6) is 0 Å². The Kier molecular flexibility index (Phi) is 3.77. The summed E-state index contributed by atoms with van der Waals surface area (Å²) >= 11 is 5.78. The van der Waals surface area contributed by atoms with Crippen molar-refractivity contribution in [3.05, 3.63) is 35.4 Å². The van der Waals surface area contributed by atoms with Gasteiger partial charge in [-0.3, -0.25) is 0 Å². The van der Waals surface area contributed by atoms with Crippen LogP contribution in [0.1, 0.15) is 26.6 Å². The Morgan fingerprint density at radius 1 is 1.10 bits per heavy atom. The van der Waals surface area contributed by atoms with E-state index < -0.39 is 23.0 Å². The Labute approximate surface area is 119 Å². The van der Waals surface area contributed by atoms with Gasteiger partial charge in [0.25, 0.3) is 0 Å². The fourth-order valence-corrected chi connectivity index (χ4v) is 2.15. The molecule has 0 atom stereocenters. The fourth-order valence-electron chi connectivity index (χ4n) is 1.98. The molecule has 1 aromatic heterocycles. The molecule has 0 aliphatic rings. The molecule has 0 unspecified atom stereocenters. The number of nitrogens with zero attached hydrogens (tertiary/aromatic N) is 3. The van der Waals surface area contributed by atoms with E-state index in [0.717, 1.165) is 12.1 Å². The van der Waals surface area contributed by atoms with Gasteiger partial charge in [0.05, 0.1) is 11.4 Å². The van der Waals surface area contributed by atoms with E-state index in [2.05, 4.69) is 10.2 Å². The number of halogens is 4. The molecule has 0 fully saturated rings. The molecule has 0 N–H and O–H groups in total. The van der Waals surface area contributed by atoms with Gasteiger partial charge in [0.1, 0.15) is 5.82 Å². The molecular weight excluding hydrogens is 291 g/mol. The lowest BCUT2D eigenvalue weighted by atomic mass is 10.1. The summed E-state index contributed by atoms with van der Waals surface area (Å²) in [5.41, 5.74) is -0.636. The molecule has 7 heteroatoms. The summed E-state index contributed by atoms with van der Waals surface area (Å²) in [6, 6.07) is 1.99. The molecule has 3 nitrogen and oxygen atoms in total. The molecule has 0 aliphatic carbocycles. The predicted molar refractivity (Wildman–Crippen MR) is 69.9 cm³/mol. The van der Waals surface area contributed by atoms with Gasteiger partial charge < -0.3 is 4.57 Å². The topological polar surface area (TPSA) is 30.7 Å². The zero-order valence-corrected chi connectivity index (χ0v) is 12.0. The van der Waals surface area contributed by atoms with Crippen LogP contribution in [0.25, 0.3) is 11.4 Å². The van der Waals surface area contributed by atoms with Gasteiger partial charge in [-0.15, -0.1) is 21.8 Å². The van der Waals surface area contributed by atoms with Crippen molar-refractivity contribution in [2.75, 3.05) is 0 Å². The fraction of sp³-hybridized carbons (Fsp3) is 0.385. The third kappa shape index (κ3) is 2.40. The van der Waals surface area contributed by atoms with Gasteiger partial charge in [-0.2, -0.15) is 0 Å². The standard InChI is InChI=1S/C13H13ClF3N3/c1-13(2,3)20-9(6-14)18-19-12(20)7-4-5-8(15)11(17)10(7)16/h4-5H,6H2,1-3H3. The molecule has 0 aliphatic heterocycles. The van der Waals surface area contributed by atoms with Crippen LogP contribution >= 0.6 is 11.6 Å². The summed E-state index contributed by atoms with van der Waals surface area (Å²) in [6.45, 7) is 5.56. The lowest BCUT2D eigenvalue weighted by Gasteiger charge is -2.24. The van der Waals surface area contributed by atoms with Crippen molar-refractivity contribution in [3.63, 3.8) is 0 Å². The molecule has 1 aromatic carbocycles.